The molecule has 0 radical (unpaired) electrons. The van der Waals surface area contributed by atoms with Crippen molar-refractivity contribution in [1.29, 1.82) is 0 Å². The molecule has 4 rings (SSSR count). The van der Waals surface area contributed by atoms with Gasteiger partial charge in [-0.15, -0.1) is 0 Å². The van der Waals surface area contributed by atoms with Crippen LogP contribution in [0.1, 0.15) is 22.3 Å². The largest absolute Gasteiger partial charge is 0.378 e. The lowest BCUT2D eigenvalue weighted by Crippen LogP contribution is -2.41. The van der Waals surface area contributed by atoms with Crippen molar-refractivity contribution < 1.29 is 19.1 Å². The Kier molecular flexibility index (Phi) is 5.81. The number of aryl methyl sites for hydroxylation is 1. The van der Waals surface area contributed by atoms with Crippen LogP contribution in [-0.4, -0.2) is 55.5 Å². The van der Waals surface area contributed by atoms with Gasteiger partial charge in [0.05, 0.1) is 30.4 Å². The molecule has 2 heterocycles. The van der Waals surface area contributed by atoms with Crippen molar-refractivity contribution in [1.82, 2.24) is 4.90 Å². The fourth-order valence-corrected chi connectivity index (χ4v) is 3.88. The molecule has 2 aliphatic heterocycles. The van der Waals surface area contributed by atoms with Crippen molar-refractivity contribution >= 4 is 29.1 Å². The summed E-state index contributed by atoms with van der Waals surface area (Å²) in [5.74, 6) is -0.915. The van der Waals surface area contributed by atoms with Gasteiger partial charge < -0.3 is 19.9 Å². The number of para-hydroxylation sites is 1. The fourth-order valence-electron chi connectivity index (χ4n) is 3.88. The summed E-state index contributed by atoms with van der Waals surface area (Å²) in [5.41, 5.74) is 2.79. The van der Waals surface area contributed by atoms with Gasteiger partial charge in [0.2, 0.25) is 11.8 Å². The molecule has 156 valence electrons. The molecular weight excluding hydrogens is 382 g/mol. The maximum Gasteiger partial charge on any atom is 0.256 e. The summed E-state index contributed by atoms with van der Waals surface area (Å²) >= 11 is 0. The number of morpholine rings is 1. The summed E-state index contributed by atoms with van der Waals surface area (Å²) in [6.07, 6.45) is 0.152. The highest BCUT2D eigenvalue weighted by atomic mass is 16.5. The summed E-state index contributed by atoms with van der Waals surface area (Å²) in [7, 11) is 0. The van der Waals surface area contributed by atoms with E-state index in [-0.39, 0.29) is 24.1 Å². The minimum absolute atomic E-state index is 0.0709. The molecule has 0 unspecified atom stereocenters. The summed E-state index contributed by atoms with van der Waals surface area (Å²) < 4.78 is 5.31. The van der Waals surface area contributed by atoms with E-state index in [9.17, 15) is 14.4 Å². The predicted molar refractivity (Wildman–Crippen MR) is 113 cm³/mol. The van der Waals surface area contributed by atoms with Crippen LogP contribution >= 0.6 is 0 Å². The van der Waals surface area contributed by atoms with Crippen LogP contribution in [0.4, 0.5) is 11.4 Å². The van der Waals surface area contributed by atoms with E-state index >= 15 is 0 Å². The van der Waals surface area contributed by atoms with Crippen LogP contribution in [0.2, 0.25) is 0 Å². The molecule has 7 heteroatoms. The van der Waals surface area contributed by atoms with Crippen LogP contribution in [0.25, 0.3) is 0 Å². The van der Waals surface area contributed by atoms with Gasteiger partial charge in [-0.1, -0.05) is 24.3 Å². The van der Waals surface area contributed by atoms with Gasteiger partial charge in [-0.05, 0) is 36.8 Å². The van der Waals surface area contributed by atoms with Gasteiger partial charge >= 0.3 is 0 Å². The second-order valence-corrected chi connectivity index (χ2v) is 7.68. The molecule has 2 aromatic carbocycles. The second kappa shape index (κ2) is 8.67. The molecule has 0 bridgehead atoms. The molecule has 2 saturated heterocycles. The molecule has 3 amide bonds. The van der Waals surface area contributed by atoms with Crippen molar-refractivity contribution in [2.45, 2.75) is 13.3 Å². The zero-order valence-corrected chi connectivity index (χ0v) is 17.0. The zero-order chi connectivity index (χ0) is 21.1. The van der Waals surface area contributed by atoms with Crippen LogP contribution in [-0.2, 0) is 14.3 Å². The van der Waals surface area contributed by atoms with Crippen LogP contribution in [0.3, 0.4) is 0 Å². The molecule has 0 spiro atoms. The minimum atomic E-state index is -0.468. The van der Waals surface area contributed by atoms with Crippen molar-refractivity contribution in [3.63, 3.8) is 0 Å². The van der Waals surface area contributed by atoms with Crippen molar-refractivity contribution in [2.75, 3.05) is 43.1 Å². The summed E-state index contributed by atoms with van der Waals surface area (Å²) in [6, 6.07) is 14.7. The second-order valence-electron chi connectivity index (χ2n) is 7.68. The number of hydrogen-bond acceptors (Lipinski definition) is 4. The Morgan fingerprint density at radius 1 is 1.07 bits per heavy atom. The Bertz CT molecular complexity index is 968. The van der Waals surface area contributed by atoms with E-state index in [1.807, 2.05) is 31.2 Å². The molecule has 0 aliphatic carbocycles. The van der Waals surface area contributed by atoms with E-state index in [2.05, 4.69) is 5.32 Å². The highest BCUT2D eigenvalue weighted by Gasteiger charge is 2.35. The number of amides is 3. The van der Waals surface area contributed by atoms with Crippen molar-refractivity contribution in [2.24, 2.45) is 5.92 Å². The maximum atomic E-state index is 12.9. The van der Waals surface area contributed by atoms with E-state index in [1.54, 1.807) is 34.1 Å². The first-order valence-electron chi connectivity index (χ1n) is 10.2. The SMILES string of the molecule is Cc1cccc(N2C[C@H](C(=O)Nc3ccccc3C(=O)N3CCOCC3)CC2=O)c1. The monoisotopic (exact) mass is 407 g/mol. The number of rotatable bonds is 4. The fraction of sp³-hybridized carbons (Fsp3) is 0.348. The number of carbonyl (C=O) groups excluding carboxylic acids is 3. The molecular formula is C23H25N3O4. The van der Waals surface area contributed by atoms with Gasteiger partial charge in [0.15, 0.2) is 0 Å². The number of ether oxygens (including phenoxy) is 1. The lowest BCUT2D eigenvalue weighted by Gasteiger charge is -2.27. The van der Waals surface area contributed by atoms with Crippen LogP contribution < -0.4 is 10.2 Å². The smallest absolute Gasteiger partial charge is 0.256 e. The lowest BCUT2D eigenvalue weighted by atomic mass is 10.1. The van der Waals surface area contributed by atoms with Crippen LogP contribution in [0.5, 0.6) is 0 Å². The quantitative estimate of drug-likeness (QED) is 0.845. The maximum absolute atomic E-state index is 12.9. The average molecular weight is 407 g/mol. The standard InChI is InChI=1S/C23H25N3O4/c1-16-5-4-6-18(13-16)26-15-17(14-21(26)27)22(28)24-20-8-3-2-7-19(20)23(29)25-9-11-30-12-10-25/h2-8,13,17H,9-12,14-15H2,1H3,(H,24,28)/t17-/m1/s1. The number of benzene rings is 2. The molecule has 7 nitrogen and oxygen atoms in total. The number of anilines is 2. The lowest BCUT2D eigenvalue weighted by molar-refractivity contribution is -0.122. The normalized spacial score (nSPS) is 19.1. The van der Waals surface area contributed by atoms with Crippen LogP contribution in [0.15, 0.2) is 48.5 Å². The first kappa shape index (κ1) is 20.1. The first-order chi connectivity index (χ1) is 14.5. The average Bonchev–Trinajstić information content (AvgIpc) is 3.16. The molecule has 2 aromatic rings. The summed E-state index contributed by atoms with van der Waals surface area (Å²) in [6.45, 7) is 4.39. The van der Waals surface area contributed by atoms with Gasteiger partial charge in [-0.25, -0.2) is 0 Å². The highest BCUT2D eigenvalue weighted by Crippen LogP contribution is 2.27. The highest BCUT2D eigenvalue weighted by molar-refractivity contribution is 6.07. The first-order valence-corrected chi connectivity index (χ1v) is 10.2. The molecule has 0 aromatic heterocycles. The molecule has 2 fully saturated rings. The van der Waals surface area contributed by atoms with Crippen LogP contribution in [0, 0.1) is 12.8 Å². The number of nitrogens with zero attached hydrogens (tertiary/aromatic N) is 2. The van der Waals surface area contributed by atoms with Crippen molar-refractivity contribution in [3.05, 3.63) is 59.7 Å². The predicted octanol–water partition coefficient (Wildman–Crippen LogP) is 2.46. The van der Waals surface area contributed by atoms with E-state index in [0.717, 1.165) is 11.3 Å². The topological polar surface area (TPSA) is 79.0 Å². The molecule has 2 aliphatic rings. The Hall–Kier alpha value is -3.19. The Morgan fingerprint density at radius 3 is 2.60 bits per heavy atom. The molecule has 1 atom stereocenters. The molecule has 1 N–H and O–H groups in total. The van der Waals surface area contributed by atoms with Gasteiger partial charge in [-0.3, -0.25) is 14.4 Å². The van der Waals surface area contributed by atoms with E-state index in [4.69, 9.17) is 4.74 Å². The number of nitrogens with one attached hydrogen (secondary N) is 1. The van der Waals surface area contributed by atoms with Gasteiger partial charge in [0, 0.05) is 31.7 Å². The summed E-state index contributed by atoms with van der Waals surface area (Å²) in [5, 5.41) is 2.88. The Morgan fingerprint density at radius 2 is 1.83 bits per heavy atom. The number of hydrogen-bond donors (Lipinski definition) is 1. The minimum Gasteiger partial charge on any atom is -0.378 e. The summed E-state index contributed by atoms with van der Waals surface area (Å²) in [4.78, 5) is 41.7. The van der Waals surface area contributed by atoms with E-state index < -0.39 is 5.92 Å². The third-order valence-corrected chi connectivity index (χ3v) is 5.52. The van der Waals surface area contributed by atoms with Crippen molar-refractivity contribution in [3.8, 4) is 0 Å². The zero-order valence-electron chi connectivity index (χ0n) is 17.0. The van der Waals surface area contributed by atoms with Gasteiger partial charge in [0.25, 0.3) is 5.91 Å². The molecule has 0 saturated carbocycles. The van der Waals surface area contributed by atoms with Gasteiger partial charge in [0.1, 0.15) is 0 Å². The Labute approximate surface area is 175 Å². The Balaban J connectivity index is 1.47. The van der Waals surface area contributed by atoms with E-state index in [0.29, 0.717) is 44.1 Å². The van der Waals surface area contributed by atoms with Gasteiger partial charge in [-0.2, -0.15) is 0 Å². The molecule has 30 heavy (non-hydrogen) atoms. The third-order valence-electron chi connectivity index (χ3n) is 5.52. The number of carbonyl (C=O) groups is 3. The van der Waals surface area contributed by atoms with E-state index in [1.165, 1.54) is 0 Å². The third kappa shape index (κ3) is 4.21.